The number of aromatic nitrogens is 1. The van der Waals surface area contributed by atoms with Crippen molar-refractivity contribution in [2.45, 2.75) is 65.1 Å². The minimum Gasteiger partial charge on any atom is -0.464 e. The van der Waals surface area contributed by atoms with Crippen LogP contribution in [0.5, 0.6) is 0 Å². The highest BCUT2D eigenvalue weighted by molar-refractivity contribution is 5.93. The van der Waals surface area contributed by atoms with Crippen molar-refractivity contribution < 1.29 is 9.53 Å². The van der Waals surface area contributed by atoms with E-state index < -0.39 is 22.9 Å². The van der Waals surface area contributed by atoms with Crippen LogP contribution in [0, 0.1) is 6.92 Å². The maximum absolute atomic E-state index is 12.9. The van der Waals surface area contributed by atoms with Crippen molar-refractivity contribution in [1.29, 1.82) is 0 Å². The van der Waals surface area contributed by atoms with Gasteiger partial charge >= 0.3 is 5.97 Å². The molecule has 8 nitrogen and oxygen atoms in total. The minimum absolute atomic E-state index is 0.157. The van der Waals surface area contributed by atoms with Gasteiger partial charge in [0, 0.05) is 35.3 Å². The molecular formula is C31H34N4O4. The molecule has 0 radical (unpaired) electrons. The lowest BCUT2D eigenvalue weighted by molar-refractivity contribution is -0.144. The molecule has 8 heteroatoms. The Bertz CT molecular complexity index is 1560. The number of hydrogen-bond acceptors (Lipinski definition) is 8. The maximum atomic E-state index is 12.9. The summed E-state index contributed by atoms with van der Waals surface area (Å²) in [7, 11) is 0. The van der Waals surface area contributed by atoms with Crippen LogP contribution in [0.2, 0.25) is 0 Å². The number of nitrogens with one attached hydrogen (secondary N) is 2. The molecule has 3 unspecified atom stereocenters. The van der Waals surface area contributed by atoms with E-state index in [2.05, 4.69) is 41.6 Å². The summed E-state index contributed by atoms with van der Waals surface area (Å²) in [6.07, 6.45) is 2.21. The number of carbonyl (C=O) groups excluding carboxylic acids is 1. The predicted molar refractivity (Wildman–Crippen MR) is 156 cm³/mol. The third-order valence-corrected chi connectivity index (χ3v) is 7.51. The van der Waals surface area contributed by atoms with Crippen LogP contribution in [0.4, 0.5) is 22.9 Å². The molecule has 0 saturated carbocycles. The topological polar surface area (TPSA) is 101 Å². The Hall–Kier alpha value is -4.20. The van der Waals surface area contributed by atoms with Gasteiger partial charge < -0.3 is 20.3 Å². The molecule has 1 aliphatic rings. The van der Waals surface area contributed by atoms with Crippen LogP contribution in [0.15, 0.2) is 64.2 Å². The van der Waals surface area contributed by atoms with E-state index in [1.54, 1.807) is 6.92 Å². The first-order valence-corrected chi connectivity index (χ1v) is 13.5. The van der Waals surface area contributed by atoms with E-state index >= 15 is 0 Å². The quantitative estimate of drug-likeness (QED) is 0.236. The van der Waals surface area contributed by atoms with Gasteiger partial charge in [-0.1, -0.05) is 36.4 Å². The van der Waals surface area contributed by atoms with E-state index in [1.165, 1.54) is 0 Å². The van der Waals surface area contributed by atoms with Gasteiger partial charge in [0.05, 0.1) is 6.61 Å². The summed E-state index contributed by atoms with van der Waals surface area (Å²) in [5.74, 6) is 0.319. The number of aryl methyl sites for hydroxylation is 1. The van der Waals surface area contributed by atoms with Gasteiger partial charge in [-0.3, -0.25) is 9.59 Å². The van der Waals surface area contributed by atoms with Crippen LogP contribution >= 0.6 is 0 Å². The lowest BCUT2D eigenvalue weighted by Gasteiger charge is -2.32. The van der Waals surface area contributed by atoms with Gasteiger partial charge in [-0.05, 0) is 69.7 Å². The molecule has 3 aromatic carbocycles. The molecule has 1 aliphatic heterocycles. The van der Waals surface area contributed by atoms with E-state index in [0.29, 0.717) is 12.1 Å². The zero-order chi connectivity index (χ0) is 27.7. The van der Waals surface area contributed by atoms with Crippen LogP contribution in [0.3, 0.4) is 0 Å². The second kappa shape index (κ2) is 10.9. The van der Waals surface area contributed by atoms with Gasteiger partial charge in [0.1, 0.15) is 23.2 Å². The summed E-state index contributed by atoms with van der Waals surface area (Å²) >= 11 is 0. The monoisotopic (exact) mass is 526 g/mol. The molecule has 4 aromatic rings. The molecule has 1 aromatic heterocycles. The smallest absolute Gasteiger partial charge is 0.328 e. The van der Waals surface area contributed by atoms with Crippen molar-refractivity contribution in [2.75, 3.05) is 22.1 Å². The summed E-state index contributed by atoms with van der Waals surface area (Å²) < 4.78 is 5.31. The van der Waals surface area contributed by atoms with Crippen molar-refractivity contribution in [1.82, 2.24) is 4.98 Å². The number of fused-ring (bicyclic) bond motifs is 1. The van der Waals surface area contributed by atoms with Crippen molar-refractivity contribution in [3.63, 3.8) is 0 Å². The van der Waals surface area contributed by atoms with E-state index in [4.69, 9.17) is 4.74 Å². The van der Waals surface area contributed by atoms with Crippen molar-refractivity contribution >= 4 is 39.6 Å². The molecule has 2 N–H and O–H groups in total. The average Bonchev–Trinajstić information content (AvgIpc) is 3.25. The van der Waals surface area contributed by atoms with Gasteiger partial charge in [-0.15, -0.1) is 0 Å². The van der Waals surface area contributed by atoms with Gasteiger partial charge in [-0.25, -0.2) is 9.78 Å². The van der Waals surface area contributed by atoms with Crippen LogP contribution in [-0.2, 0) is 16.0 Å². The van der Waals surface area contributed by atoms with Crippen molar-refractivity contribution in [2.24, 2.45) is 0 Å². The fourth-order valence-corrected chi connectivity index (χ4v) is 5.53. The second-order valence-corrected chi connectivity index (χ2v) is 10.4. The third-order valence-electron chi connectivity index (χ3n) is 7.51. The first-order chi connectivity index (χ1) is 18.8. The Morgan fingerprint density at radius 2 is 1.74 bits per heavy atom. The number of nitrogens with zero attached hydrogens (tertiary/aromatic N) is 2. The minimum atomic E-state index is -0.804. The predicted octanol–water partition coefficient (Wildman–Crippen LogP) is 4.85. The van der Waals surface area contributed by atoms with Crippen LogP contribution in [0.1, 0.15) is 44.9 Å². The normalized spacial score (nSPS) is 17.9. The molecule has 1 saturated heterocycles. The Labute approximate surface area is 227 Å². The lowest BCUT2D eigenvalue weighted by Crippen LogP contribution is -2.48. The summed E-state index contributed by atoms with van der Waals surface area (Å²) in [5.41, 5.74) is 2.21. The van der Waals surface area contributed by atoms with Gasteiger partial charge in [0.2, 0.25) is 0 Å². The van der Waals surface area contributed by atoms with Crippen LogP contribution in [0.25, 0.3) is 10.8 Å². The summed E-state index contributed by atoms with van der Waals surface area (Å²) in [4.78, 5) is 44.7. The highest BCUT2D eigenvalue weighted by Crippen LogP contribution is 2.33. The largest absolute Gasteiger partial charge is 0.464 e. The molecule has 3 atom stereocenters. The number of ether oxygens (including phenoxy) is 1. The first-order valence-electron chi connectivity index (χ1n) is 13.5. The number of hydrogen-bond donors (Lipinski definition) is 2. The molecule has 1 fully saturated rings. The molecular weight excluding hydrogens is 492 g/mol. The molecule has 0 aliphatic carbocycles. The van der Waals surface area contributed by atoms with E-state index in [1.807, 2.05) is 54.3 Å². The van der Waals surface area contributed by atoms with E-state index in [9.17, 15) is 14.4 Å². The summed E-state index contributed by atoms with van der Waals surface area (Å²) in [5, 5.41) is 8.63. The highest BCUT2D eigenvalue weighted by Gasteiger charge is 2.37. The van der Waals surface area contributed by atoms with Crippen molar-refractivity contribution in [3.8, 4) is 0 Å². The highest BCUT2D eigenvalue weighted by atomic mass is 16.5. The van der Waals surface area contributed by atoms with Crippen molar-refractivity contribution in [3.05, 3.63) is 86.3 Å². The SMILES string of the molecule is CCOC(=O)C(Cc1ccc(Nc2nc(C)cc3ccccc23)cc1)Nc1c(N2C(C)CCC2C)c(=O)c1=O. The fourth-order valence-electron chi connectivity index (χ4n) is 5.53. The van der Waals surface area contributed by atoms with Gasteiger partial charge in [0.25, 0.3) is 10.9 Å². The number of esters is 1. The van der Waals surface area contributed by atoms with Gasteiger partial charge in [0.15, 0.2) is 0 Å². The maximum Gasteiger partial charge on any atom is 0.328 e. The Morgan fingerprint density at radius 3 is 2.44 bits per heavy atom. The fraction of sp³-hybridized carbons (Fsp3) is 0.355. The molecule has 0 spiro atoms. The first kappa shape index (κ1) is 26.4. The Morgan fingerprint density at radius 1 is 1.05 bits per heavy atom. The second-order valence-electron chi connectivity index (χ2n) is 10.4. The standard InChI is InChI=1S/C31H34N4O4/c1-5-39-31(38)25(34-26-27(29(37)28(26)36)35-19(3)10-11-20(35)4)17-21-12-14-23(15-13-21)33-30-24-9-7-6-8-22(24)16-18(2)32-30/h6-9,12-16,19-20,25,34H,5,10-11,17H2,1-4H3,(H,32,33). The molecule has 0 bridgehead atoms. The van der Waals surface area contributed by atoms with E-state index in [-0.39, 0.29) is 24.4 Å². The number of carbonyl (C=O) groups is 1. The molecule has 2 heterocycles. The molecule has 39 heavy (non-hydrogen) atoms. The zero-order valence-corrected chi connectivity index (χ0v) is 22.8. The average molecular weight is 527 g/mol. The number of pyridine rings is 1. The summed E-state index contributed by atoms with van der Waals surface area (Å²) in [6.45, 7) is 8.04. The Kier molecular flexibility index (Phi) is 7.37. The molecule has 202 valence electrons. The number of rotatable bonds is 9. The van der Waals surface area contributed by atoms with E-state index in [0.717, 1.165) is 46.4 Å². The van der Waals surface area contributed by atoms with Crippen LogP contribution in [-0.4, -0.2) is 35.7 Å². The molecule has 5 rings (SSSR count). The number of benzene rings is 2. The zero-order valence-electron chi connectivity index (χ0n) is 22.8. The van der Waals surface area contributed by atoms with Gasteiger partial charge in [-0.2, -0.15) is 0 Å². The third kappa shape index (κ3) is 5.24. The molecule has 0 amide bonds. The summed E-state index contributed by atoms with van der Waals surface area (Å²) in [6, 6.07) is 17.4. The number of anilines is 4. The Balaban J connectivity index is 1.36. The van der Waals surface area contributed by atoms with Crippen LogP contribution < -0.4 is 26.4 Å². The lowest BCUT2D eigenvalue weighted by atomic mass is 10.0.